The van der Waals surface area contributed by atoms with Gasteiger partial charge in [0.1, 0.15) is 0 Å². The molecule has 2 rings (SSSR count). The molecule has 0 amide bonds. The van der Waals surface area contributed by atoms with Gasteiger partial charge in [0, 0.05) is 11.3 Å². The van der Waals surface area contributed by atoms with Gasteiger partial charge in [-0.1, -0.05) is 36.8 Å². The maximum Gasteiger partial charge on any atom is 0.0801 e. The van der Waals surface area contributed by atoms with E-state index in [0.29, 0.717) is 6.54 Å². The molecule has 1 atom stereocenters. The third-order valence-electron chi connectivity index (χ3n) is 3.56. The maximum absolute atomic E-state index is 5.48. The molecule has 0 N–H and O–H groups in total. The summed E-state index contributed by atoms with van der Waals surface area (Å²) in [4.78, 5) is 2.24. The number of terminal acetylenes is 1. The van der Waals surface area contributed by atoms with Crippen molar-refractivity contribution in [2.24, 2.45) is 0 Å². The van der Waals surface area contributed by atoms with E-state index in [2.05, 4.69) is 43.0 Å². The van der Waals surface area contributed by atoms with Crippen LogP contribution in [-0.4, -0.2) is 12.1 Å². The quantitative estimate of drug-likeness (QED) is 0.560. The van der Waals surface area contributed by atoms with E-state index >= 15 is 0 Å². The van der Waals surface area contributed by atoms with Crippen molar-refractivity contribution in [3.05, 3.63) is 49.1 Å². The van der Waals surface area contributed by atoms with Crippen molar-refractivity contribution < 1.29 is 0 Å². The zero-order valence-electron chi connectivity index (χ0n) is 10.2. The van der Waals surface area contributed by atoms with Crippen LogP contribution in [-0.2, 0) is 0 Å². The van der Waals surface area contributed by atoms with Crippen molar-refractivity contribution in [3.63, 3.8) is 0 Å². The Morgan fingerprint density at radius 1 is 1.47 bits per heavy atom. The van der Waals surface area contributed by atoms with Crippen LogP contribution < -0.4 is 4.90 Å². The van der Waals surface area contributed by atoms with Gasteiger partial charge in [-0.3, -0.25) is 0 Å². The molecule has 1 aliphatic heterocycles. The van der Waals surface area contributed by atoms with E-state index in [1.54, 1.807) is 0 Å². The van der Waals surface area contributed by atoms with Crippen molar-refractivity contribution in [1.82, 2.24) is 0 Å². The second-order valence-electron chi connectivity index (χ2n) is 4.55. The number of para-hydroxylation sites is 1. The highest BCUT2D eigenvalue weighted by Crippen LogP contribution is 2.47. The van der Waals surface area contributed by atoms with E-state index in [4.69, 9.17) is 6.42 Å². The molecule has 1 unspecified atom stereocenters. The van der Waals surface area contributed by atoms with Gasteiger partial charge in [-0.2, -0.15) is 0 Å². The summed E-state index contributed by atoms with van der Waals surface area (Å²) >= 11 is 0. The van der Waals surface area contributed by atoms with Crippen LogP contribution in [0.3, 0.4) is 0 Å². The Bertz CT molecular complexity index is 507. The first kappa shape index (κ1) is 11.5. The summed E-state index contributed by atoms with van der Waals surface area (Å²) < 4.78 is 0. The Balaban J connectivity index is 2.55. The van der Waals surface area contributed by atoms with Crippen LogP contribution in [0.4, 0.5) is 5.69 Å². The Kier molecular flexibility index (Phi) is 2.81. The van der Waals surface area contributed by atoms with Gasteiger partial charge in [-0.15, -0.1) is 13.0 Å². The van der Waals surface area contributed by atoms with Crippen LogP contribution in [0.2, 0.25) is 0 Å². The summed E-state index contributed by atoms with van der Waals surface area (Å²) in [6.07, 6.45) is 8.26. The SMILES string of the molecule is C#CCN1c2ccccc2C(=C)C1(C)CC=C. The van der Waals surface area contributed by atoms with Crippen molar-refractivity contribution in [1.29, 1.82) is 0 Å². The van der Waals surface area contributed by atoms with Gasteiger partial charge in [0.15, 0.2) is 0 Å². The molecule has 1 heteroatoms. The predicted octanol–water partition coefficient (Wildman–Crippen LogP) is 3.49. The third kappa shape index (κ3) is 1.57. The lowest BCUT2D eigenvalue weighted by Crippen LogP contribution is -2.43. The highest BCUT2D eigenvalue weighted by atomic mass is 15.2. The van der Waals surface area contributed by atoms with Crippen molar-refractivity contribution in [2.75, 3.05) is 11.4 Å². The summed E-state index contributed by atoms with van der Waals surface area (Å²) in [5, 5.41) is 0. The molecule has 1 aromatic carbocycles. The summed E-state index contributed by atoms with van der Waals surface area (Å²) in [6.45, 7) is 10.9. The molecule has 0 bridgehead atoms. The summed E-state index contributed by atoms with van der Waals surface area (Å²) in [6, 6.07) is 8.29. The van der Waals surface area contributed by atoms with E-state index in [9.17, 15) is 0 Å². The third-order valence-corrected chi connectivity index (χ3v) is 3.56. The van der Waals surface area contributed by atoms with Crippen LogP contribution >= 0.6 is 0 Å². The number of nitrogens with zero attached hydrogens (tertiary/aromatic N) is 1. The zero-order valence-corrected chi connectivity index (χ0v) is 10.2. The molecule has 0 radical (unpaired) electrons. The molecule has 1 nitrogen and oxygen atoms in total. The summed E-state index contributed by atoms with van der Waals surface area (Å²) in [5.74, 6) is 2.74. The molecular formula is C16H17N. The monoisotopic (exact) mass is 223 g/mol. The fraction of sp³-hybridized carbons (Fsp3) is 0.250. The average molecular weight is 223 g/mol. The minimum Gasteiger partial charge on any atom is -0.350 e. The zero-order chi connectivity index (χ0) is 12.5. The smallest absolute Gasteiger partial charge is 0.0801 e. The van der Waals surface area contributed by atoms with Gasteiger partial charge in [-0.05, 0) is 25.0 Å². The molecule has 0 fully saturated rings. The predicted molar refractivity (Wildman–Crippen MR) is 74.9 cm³/mol. The molecule has 0 spiro atoms. The van der Waals surface area contributed by atoms with Gasteiger partial charge in [-0.25, -0.2) is 0 Å². The van der Waals surface area contributed by atoms with Crippen molar-refractivity contribution in [3.8, 4) is 12.3 Å². The highest BCUT2D eigenvalue weighted by molar-refractivity contribution is 5.90. The molecular weight excluding hydrogens is 206 g/mol. The average Bonchev–Trinajstić information content (AvgIpc) is 2.53. The Hall–Kier alpha value is -1.94. The number of hydrogen-bond donors (Lipinski definition) is 0. The largest absolute Gasteiger partial charge is 0.350 e. The molecule has 1 aliphatic rings. The second-order valence-corrected chi connectivity index (χ2v) is 4.55. The number of rotatable bonds is 3. The summed E-state index contributed by atoms with van der Waals surface area (Å²) in [7, 11) is 0. The Morgan fingerprint density at radius 3 is 2.82 bits per heavy atom. The van der Waals surface area contributed by atoms with Crippen LogP contribution in [0, 0.1) is 12.3 Å². The number of hydrogen-bond acceptors (Lipinski definition) is 1. The van der Waals surface area contributed by atoms with Crippen LogP contribution in [0.1, 0.15) is 18.9 Å². The molecule has 86 valence electrons. The van der Waals surface area contributed by atoms with E-state index < -0.39 is 0 Å². The van der Waals surface area contributed by atoms with Crippen molar-refractivity contribution in [2.45, 2.75) is 18.9 Å². The molecule has 0 aliphatic carbocycles. The standard InChI is InChI=1S/C16H17N/c1-5-11-16(4)13(3)14-9-7-8-10-15(14)17(16)12-6-2/h2,5,7-10H,1,3,11-12H2,4H3. The second kappa shape index (κ2) is 4.14. The fourth-order valence-electron chi connectivity index (χ4n) is 2.55. The van der Waals surface area contributed by atoms with Gasteiger partial charge in [0.25, 0.3) is 0 Å². The molecule has 0 aromatic heterocycles. The topological polar surface area (TPSA) is 3.24 Å². The lowest BCUT2D eigenvalue weighted by Gasteiger charge is -2.36. The molecule has 0 saturated carbocycles. The van der Waals surface area contributed by atoms with Gasteiger partial charge in [0.05, 0.1) is 12.1 Å². The van der Waals surface area contributed by atoms with E-state index in [0.717, 1.165) is 12.0 Å². The molecule has 17 heavy (non-hydrogen) atoms. The highest BCUT2D eigenvalue weighted by Gasteiger charge is 2.41. The van der Waals surface area contributed by atoms with Gasteiger partial charge < -0.3 is 4.90 Å². The minimum absolute atomic E-state index is 0.141. The fourth-order valence-corrected chi connectivity index (χ4v) is 2.55. The van der Waals surface area contributed by atoms with Crippen LogP contribution in [0.5, 0.6) is 0 Å². The number of fused-ring (bicyclic) bond motifs is 1. The lowest BCUT2D eigenvalue weighted by molar-refractivity contribution is 0.576. The van der Waals surface area contributed by atoms with Gasteiger partial charge >= 0.3 is 0 Å². The summed E-state index contributed by atoms with van der Waals surface area (Å²) in [5.41, 5.74) is 3.37. The Morgan fingerprint density at radius 2 is 2.18 bits per heavy atom. The Labute approximate surface area is 103 Å². The van der Waals surface area contributed by atoms with E-state index in [-0.39, 0.29) is 5.54 Å². The first-order valence-electron chi connectivity index (χ1n) is 5.76. The normalized spacial score (nSPS) is 22.1. The lowest BCUT2D eigenvalue weighted by atomic mass is 9.88. The van der Waals surface area contributed by atoms with Crippen LogP contribution in [0.15, 0.2) is 43.5 Å². The van der Waals surface area contributed by atoms with Gasteiger partial charge in [0.2, 0.25) is 0 Å². The molecule has 0 saturated heterocycles. The first-order chi connectivity index (χ1) is 8.15. The number of benzene rings is 1. The van der Waals surface area contributed by atoms with E-state index in [1.807, 2.05) is 18.2 Å². The van der Waals surface area contributed by atoms with E-state index in [1.165, 1.54) is 11.3 Å². The minimum atomic E-state index is -0.141. The first-order valence-corrected chi connectivity index (χ1v) is 5.76. The number of anilines is 1. The molecule has 1 heterocycles. The van der Waals surface area contributed by atoms with Crippen LogP contribution in [0.25, 0.3) is 5.57 Å². The maximum atomic E-state index is 5.48. The van der Waals surface area contributed by atoms with Crippen molar-refractivity contribution >= 4 is 11.3 Å². The molecule has 1 aromatic rings.